The Morgan fingerprint density at radius 2 is 1.93 bits per heavy atom. The van der Waals surface area contributed by atoms with Crippen molar-refractivity contribution in [3.05, 3.63) is 0 Å². The van der Waals surface area contributed by atoms with Gasteiger partial charge in [0.2, 0.25) is 5.91 Å². The summed E-state index contributed by atoms with van der Waals surface area (Å²) in [6, 6.07) is 0. The minimum atomic E-state index is -4.45. The molecule has 0 radical (unpaired) electrons. The number of hydrogen-bond acceptors (Lipinski definition) is 4. The van der Waals surface area contributed by atoms with Gasteiger partial charge in [-0.2, -0.15) is 13.2 Å². The summed E-state index contributed by atoms with van der Waals surface area (Å²) in [4.78, 5) is 21.1. The number of amides is 2. The number of alkyl halides is 3. The number of ether oxygens (including phenoxy) is 1. The number of carbonyl (C=O) groups is 2. The van der Waals surface area contributed by atoms with E-state index in [4.69, 9.17) is 0 Å². The molecule has 0 rings (SSSR count). The summed E-state index contributed by atoms with van der Waals surface area (Å²) in [6.45, 7) is -1.89. The normalized spacial score (nSPS) is 10.7. The Balaban J connectivity index is 3.54. The van der Waals surface area contributed by atoms with Crippen molar-refractivity contribution in [1.29, 1.82) is 0 Å². The fourth-order valence-electron chi connectivity index (χ4n) is 0.509. The quantitative estimate of drug-likeness (QED) is 0.569. The highest BCUT2D eigenvalue weighted by molar-refractivity contribution is 5.78. The number of hydrogen-bond donors (Lipinski definition) is 3. The molecule has 0 atom stereocenters. The van der Waals surface area contributed by atoms with Crippen molar-refractivity contribution in [2.45, 2.75) is 6.18 Å². The number of halogens is 3. The smallest absolute Gasteiger partial charge is 0.421 e. The third kappa shape index (κ3) is 8.81. The van der Waals surface area contributed by atoms with E-state index in [1.54, 1.807) is 5.32 Å². The highest BCUT2D eigenvalue weighted by Crippen LogP contribution is 2.11. The summed E-state index contributed by atoms with van der Waals surface area (Å²) in [7, 11) is 1.10. The second kappa shape index (κ2) is 6.06. The summed E-state index contributed by atoms with van der Waals surface area (Å²) in [5, 5.41) is 1.60. The molecule has 0 aliphatic carbocycles. The summed E-state index contributed by atoms with van der Waals surface area (Å²) in [6.07, 6.45) is -5.30. The van der Waals surface area contributed by atoms with Gasteiger partial charge in [-0.1, -0.05) is 0 Å². The van der Waals surface area contributed by atoms with Gasteiger partial charge in [0, 0.05) is 0 Å². The molecular weight excluding hydrogens is 219 g/mol. The maximum atomic E-state index is 11.6. The highest BCUT2D eigenvalue weighted by atomic mass is 19.4. The first-order chi connectivity index (χ1) is 6.85. The topological polar surface area (TPSA) is 79.5 Å². The van der Waals surface area contributed by atoms with Crippen molar-refractivity contribution in [3.8, 4) is 0 Å². The van der Waals surface area contributed by atoms with Crippen molar-refractivity contribution in [1.82, 2.24) is 16.2 Å². The lowest BCUT2D eigenvalue weighted by atomic mass is 10.5. The van der Waals surface area contributed by atoms with Crippen LogP contribution in [0, 0.1) is 0 Å². The molecule has 0 aliphatic rings. The molecule has 0 saturated carbocycles. The SMILES string of the molecule is COC(=O)NNCC(=O)NCC(F)(F)F. The molecular formula is C6H10F3N3O3. The van der Waals surface area contributed by atoms with Crippen molar-refractivity contribution < 1.29 is 27.5 Å². The molecule has 0 heterocycles. The van der Waals surface area contributed by atoms with Gasteiger partial charge in [-0.25, -0.2) is 10.2 Å². The summed E-state index contributed by atoms with van der Waals surface area (Å²) in [5.41, 5.74) is 3.98. The second-order valence-corrected chi connectivity index (χ2v) is 2.36. The molecule has 2 amide bonds. The first-order valence-electron chi connectivity index (χ1n) is 3.75. The van der Waals surface area contributed by atoms with Gasteiger partial charge >= 0.3 is 12.3 Å². The lowest BCUT2D eigenvalue weighted by Gasteiger charge is -2.09. The Morgan fingerprint density at radius 1 is 1.33 bits per heavy atom. The first-order valence-corrected chi connectivity index (χ1v) is 3.75. The molecule has 0 aromatic heterocycles. The van der Waals surface area contributed by atoms with Gasteiger partial charge in [-0.05, 0) is 0 Å². The molecule has 0 aliphatic heterocycles. The van der Waals surface area contributed by atoms with Gasteiger partial charge < -0.3 is 10.1 Å². The summed E-state index contributed by atoms with van der Waals surface area (Å²) < 4.78 is 38.9. The van der Waals surface area contributed by atoms with Crippen LogP contribution in [0.15, 0.2) is 0 Å². The average molecular weight is 229 g/mol. The molecule has 0 unspecified atom stereocenters. The fraction of sp³-hybridized carbons (Fsp3) is 0.667. The van der Waals surface area contributed by atoms with E-state index in [-0.39, 0.29) is 0 Å². The van der Waals surface area contributed by atoms with Crippen LogP contribution in [0.3, 0.4) is 0 Å². The zero-order valence-corrected chi connectivity index (χ0v) is 7.77. The number of carbonyl (C=O) groups excluding carboxylic acids is 2. The van der Waals surface area contributed by atoms with E-state index in [1.807, 2.05) is 5.43 Å². The van der Waals surface area contributed by atoms with Crippen LogP contribution in [0.4, 0.5) is 18.0 Å². The van der Waals surface area contributed by atoms with E-state index in [0.717, 1.165) is 7.11 Å². The molecule has 0 spiro atoms. The largest absolute Gasteiger partial charge is 0.452 e. The van der Waals surface area contributed by atoms with Crippen molar-refractivity contribution >= 4 is 12.0 Å². The lowest BCUT2D eigenvalue weighted by molar-refractivity contribution is -0.137. The zero-order chi connectivity index (χ0) is 11.9. The molecule has 0 aromatic carbocycles. The number of rotatable bonds is 4. The first kappa shape index (κ1) is 13.5. The van der Waals surface area contributed by atoms with Gasteiger partial charge in [0.25, 0.3) is 0 Å². The number of hydrazine groups is 1. The number of nitrogens with one attached hydrogen (secondary N) is 3. The molecule has 3 N–H and O–H groups in total. The molecule has 0 saturated heterocycles. The molecule has 88 valence electrons. The predicted octanol–water partition coefficient (Wildman–Crippen LogP) is -0.475. The predicted molar refractivity (Wildman–Crippen MR) is 42.6 cm³/mol. The van der Waals surface area contributed by atoms with Crippen molar-refractivity contribution in [2.24, 2.45) is 0 Å². The molecule has 9 heteroatoms. The van der Waals surface area contributed by atoms with Gasteiger partial charge in [-0.15, -0.1) is 0 Å². The Bertz CT molecular complexity index is 231. The van der Waals surface area contributed by atoms with Crippen LogP contribution in [0.5, 0.6) is 0 Å². The maximum absolute atomic E-state index is 11.6. The summed E-state index contributed by atoms with van der Waals surface area (Å²) in [5.74, 6) is -0.899. The third-order valence-electron chi connectivity index (χ3n) is 1.11. The minimum absolute atomic E-state index is 0.481. The Hall–Kier alpha value is -1.51. The number of methoxy groups -OCH3 is 1. The standard InChI is InChI=1S/C6H10F3N3O3/c1-15-5(14)12-11-2-4(13)10-3-6(7,8)9/h11H,2-3H2,1H3,(H,10,13)(H,12,14). The average Bonchev–Trinajstić information content (AvgIpc) is 2.13. The minimum Gasteiger partial charge on any atom is -0.452 e. The van der Waals surface area contributed by atoms with E-state index in [0.29, 0.717) is 0 Å². The van der Waals surface area contributed by atoms with Crippen LogP contribution in [0.2, 0.25) is 0 Å². The Morgan fingerprint density at radius 3 is 2.40 bits per heavy atom. The van der Waals surface area contributed by atoms with Crippen molar-refractivity contribution in [2.75, 3.05) is 20.2 Å². The third-order valence-corrected chi connectivity index (χ3v) is 1.11. The monoisotopic (exact) mass is 229 g/mol. The Kier molecular flexibility index (Phi) is 5.45. The van der Waals surface area contributed by atoms with E-state index >= 15 is 0 Å². The maximum Gasteiger partial charge on any atom is 0.421 e. The molecule has 15 heavy (non-hydrogen) atoms. The molecule has 0 aromatic rings. The molecule has 0 fully saturated rings. The second-order valence-electron chi connectivity index (χ2n) is 2.36. The van der Waals surface area contributed by atoms with Crippen LogP contribution >= 0.6 is 0 Å². The lowest BCUT2D eigenvalue weighted by Crippen LogP contribution is -2.45. The van der Waals surface area contributed by atoms with Gasteiger partial charge in [0.05, 0.1) is 13.7 Å². The van der Waals surface area contributed by atoms with E-state index < -0.39 is 31.3 Å². The van der Waals surface area contributed by atoms with Crippen LogP contribution < -0.4 is 16.2 Å². The highest BCUT2D eigenvalue weighted by Gasteiger charge is 2.27. The molecule has 0 bridgehead atoms. The van der Waals surface area contributed by atoms with Crippen LogP contribution in [0.1, 0.15) is 0 Å². The van der Waals surface area contributed by atoms with Crippen LogP contribution in [-0.2, 0) is 9.53 Å². The van der Waals surface area contributed by atoms with Gasteiger partial charge in [-0.3, -0.25) is 10.2 Å². The fourth-order valence-corrected chi connectivity index (χ4v) is 0.509. The van der Waals surface area contributed by atoms with Gasteiger partial charge in [0.15, 0.2) is 0 Å². The summed E-state index contributed by atoms with van der Waals surface area (Å²) >= 11 is 0. The van der Waals surface area contributed by atoms with E-state index in [1.165, 1.54) is 0 Å². The van der Waals surface area contributed by atoms with E-state index in [2.05, 4.69) is 10.2 Å². The van der Waals surface area contributed by atoms with Crippen LogP contribution in [0.25, 0.3) is 0 Å². The van der Waals surface area contributed by atoms with E-state index in [9.17, 15) is 22.8 Å². The Labute approximate surface area is 83.1 Å². The molecule has 6 nitrogen and oxygen atoms in total. The van der Waals surface area contributed by atoms with Crippen LogP contribution in [-0.4, -0.2) is 38.4 Å². The van der Waals surface area contributed by atoms with Gasteiger partial charge in [0.1, 0.15) is 6.54 Å². The van der Waals surface area contributed by atoms with Crippen molar-refractivity contribution in [3.63, 3.8) is 0 Å². The zero-order valence-electron chi connectivity index (χ0n) is 7.77.